The summed E-state index contributed by atoms with van der Waals surface area (Å²) in [5.41, 5.74) is 0. The maximum Gasteiger partial charge on any atom is 0.306 e. The molecule has 0 aliphatic carbocycles. The minimum Gasteiger partial charge on any atom is -0.462 e. The third kappa shape index (κ3) is 39.4. The van der Waals surface area contributed by atoms with E-state index in [9.17, 15) is 19.8 Å². The van der Waals surface area contributed by atoms with Crippen LogP contribution in [0.1, 0.15) is 188 Å². The average molecular weight is 792 g/mol. The van der Waals surface area contributed by atoms with Crippen LogP contribution in [-0.2, 0) is 14.3 Å². The van der Waals surface area contributed by atoms with E-state index in [0.29, 0.717) is 19.3 Å². The molecule has 0 aromatic carbocycles. The first-order valence-electron chi connectivity index (χ1n) is 23.1. The van der Waals surface area contributed by atoms with Crippen molar-refractivity contribution in [2.75, 3.05) is 6.61 Å². The normalized spacial score (nSPS) is 14.3. The lowest BCUT2D eigenvalue weighted by molar-refractivity contribution is -0.151. The standard InChI is InChI=1S/C51H85NO5/c1-4-7-10-13-16-19-21-22-23-24-25-26-27-29-32-35-38-41-44-51(56)57-47(42-39-36-33-31-28-20-17-14-11-8-5-2)45-50(55)52-48(46-53)49(54)43-40-37-34-30-18-15-12-9-6-3/h8,11,14,16-17,19-26,28,31,33,47-49,53-54H,4-7,9-10,12-13,15,18,27,29-30,32,34-46H2,1-3H3,(H,52,55)/b11-8+,17-14+,19-16+,22-21+,24-23+,26-25+,28-20-,33-31-. The van der Waals surface area contributed by atoms with Crippen LogP contribution in [0.3, 0.4) is 0 Å². The van der Waals surface area contributed by atoms with E-state index in [1.165, 1.54) is 57.8 Å². The third-order valence-corrected chi connectivity index (χ3v) is 9.84. The molecule has 324 valence electrons. The van der Waals surface area contributed by atoms with Crippen molar-refractivity contribution in [1.29, 1.82) is 0 Å². The van der Waals surface area contributed by atoms with E-state index < -0.39 is 18.2 Å². The number of nitrogens with one attached hydrogen (secondary N) is 1. The molecule has 0 saturated carbocycles. The van der Waals surface area contributed by atoms with Gasteiger partial charge >= 0.3 is 5.97 Å². The maximum atomic E-state index is 13.1. The van der Waals surface area contributed by atoms with Crippen LogP contribution in [0, 0.1) is 0 Å². The van der Waals surface area contributed by atoms with Gasteiger partial charge in [0.2, 0.25) is 5.91 Å². The van der Waals surface area contributed by atoms with E-state index in [4.69, 9.17) is 4.74 Å². The highest BCUT2D eigenvalue weighted by molar-refractivity contribution is 5.77. The monoisotopic (exact) mass is 792 g/mol. The molecule has 0 saturated heterocycles. The number of amides is 1. The van der Waals surface area contributed by atoms with Gasteiger partial charge in [-0.25, -0.2) is 0 Å². The van der Waals surface area contributed by atoms with Crippen molar-refractivity contribution in [3.63, 3.8) is 0 Å². The van der Waals surface area contributed by atoms with Gasteiger partial charge < -0.3 is 20.3 Å². The van der Waals surface area contributed by atoms with Crippen LogP contribution in [0.25, 0.3) is 0 Å². The number of unbranched alkanes of at least 4 members (excludes halogenated alkanes) is 17. The molecule has 0 radical (unpaired) electrons. The molecule has 0 aliphatic heterocycles. The Morgan fingerprint density at radius 1 is 0.526 bits per heavy atom. The molecule has 0 spiro atoms. The zero-order valence-corrected chi connectivity index (χ0v) is 36.7. The highest BCUT2D eigenvalue weighted by atomic mass is 16.5. The first kappa shape index (κ1) is 53.8. The van der Waals surface area contributed by atoms with Crippen LogP contribution < -0.4 is 5.32 Å². The SMILES string of the molecule is CC/C=C/C=C/C=C\C=C/CCCC(CC(=O)NC(CO)C(O)CCCCCCCCCCC)OC(=O)CCCCCCC/C=C/C=C/C=C/C=C/CCCCC. The van der Waals surface area contributed by atoms with E-state index in [1.54, 1.807) is 0 Å². The number of hydrogen-bond acceptors (Lipinski definition) is 5. The number of allylic oxidation sites excluding steroid dienone is 16. The summed E-state index contributed by atoms with van der Waals surface area (Å²) in [5.74, 6) is -0.582. The Hall–Kier alpha value is -3.22. The van der Waals surface area contributed by atoms with Crippen LogP contribution in [0.5, 0.6) is 0 Å². The number of carbonyl (C=O) groups excluding carboxylic acids is 2. The Morgan fingerprint density at radius 2 is 0.965 bits per heavy atom. The van der Waals surface area contributed by atoms with E-state index in [2.05, 4.69) is 86.8 Å². The first-order chi connectivity index (χ1) is 28.0. The zero-order valence-electron chi connectivity index (χ0n) is 36.7. The van der Waals surface area contributed by atoms with Crippen molar-refractivity contribution in [2.24, 2.45) is 0 Å². The molecule has 0 aromatic heterocycles. The smallest absolute Gasteiger partial charge is 0.306 e. The highest BCUT2D eigenvalue weighted by Crippen LogP contribution is 2.16. The Balaban J connectivity index is 4.70. The number of ether oxygens (including phenoxy) is 1. The third-order valence-electron chi connectivity index (χ3n) is 9.84. The fraction of sp³-hybridized carbons (Fsp3) is 0.647. The number of rotatable bonds is 39. The second kappa shape index (κ2) is 43.9. The van der Waals surface area contributed by atoms with Gasteiger partial charge in [0.05, 0.1) is 25.2 Å². The quantitative estimate of drug-likeness (QED) is 0.0327. The molecule has 0 bridgehead atoms. The molecule has 0 aromatic rings. The fourth-order valence-corrected chi connectivity index (χ4v) is 6.34. The molecule has 0 aliphatic rings. The summed E-state index contributed by atoms with van der Waals surface area (Å²) in [7, 11) is 0. The lowest BCUT2D eigenvalue weighted by atomic mass is 10.0. The van der Waals surface area contributed by atoms with Crippen molar-refractivity contribution in [1.82, 2.24) is 5.32 Å². The van der Waals surface area contributed by atoms with Gasteiger partial charge in [0.1, 0.15) is 6.10 Å². The summed E-state index contributed by atoms with van der Waals surface area (Å²) in [6, 6.07) is -0.731. The minimum absolute atomic E-state index is 0.0157. The van der Waals surface area contributed by atoms with E-state index >= 15 is 0 Å². The summed E-state index contributed by atoms with van der Waals surface area (Å²) in [5, 5.41) is 23.5. The predicted molar refractivity (Wildman–Crippen MR) is 245 cm³/mol. The van der Waals surface area contributed by atoms with Gasteiger partial charge in [-0.2, -0.15) is 0 Å². The molecule has 0 heterocycles. The molecule has 3 atom stereocenters. The maximum absolute atomic E-state index is 13.1. The average Bonchev–Trinajstić information content (AvgIpc) is 3.20. The van der Waals surface area contributed by atoms with E-state index in [1.807, 2.05) is 36.5 Å². The van der Waals surface area contributed by atoms with Crippen LogP contribution in [0.2, 0.25) is 0 Å². The fourth-order valence-electron chi connectivity index (χ4n) is 6.34. The summed E-state index contributed by atoms with van der Waals surface area (Å²) in [6.07, 6.45) is 57.6. The minimum atomic E-state index is -0.812. The van der Waals surface area contributed by atoms with Crippen LogP contribution in [0.4, 0.5) is 0 Å². The number of aliphatic hydroxyl groups excluding tert-OH is 2. The molecular formula is C51H85NO5. The Bertz CT molecular complexity index is 1160. The molecule has 0 fully saturated rings. The van der Waals surface area contributed by atoms with Gasteiger partial charge in [0.15, 0.2) is 0 Å². The predicted octanol–water partition coefficient (Wildman–Crippen LogP) is 13.4. The summed E-state index contributed by atoms with van der Waals surface area (Å²) >= 11 is 0. The van der Waals surface area contributed by atoms with Crippen molar-refractivity contribution in [2.45, 2.75) is 206 Å². The molecule has 3 N–H and O–H groups in total. The van der Waals surface area contributed by atoms with Crippen molar-refractivity contribution < 1.29 is 24.5 Å². The number of aliphatic hydroxyl groups is 2. The van der Waals surface area contributed by atoms with Gasteiger partial charge in [-0.15, -0.1) is 0 Å². The molecule has 3 unspecified atom stereocenters. The van der Waals surface area contributed by atoms with Gasteiger partial charge in [0.25, 0.3) is 0 Å². The molecular weight excluding hydrogens is 707 g/mol. The highest BCUT2D eigenvalue weighted by Gasteiger charge is 2.24. The lowest BCUT2D eigenvalue weighted by Crippen LogP contribution is -2.46. The molecule has 0 rings (SSSR count). The second-order valence-corrected chi connectivity index (χ2v) is 15.3. The topological polar surface area (TPSA) is 95.9 Å². The first-order valence-corrected chi connectivity index (χ1v) is 23.1. The van der Waals surface area contributed by atoms with E-state index in [0.717, 1.165) is 83.5 Å². The van der Waals surface area contributed by atoms with Gasteiger partial charge in [-0.3, -0.25) is 9.59 Å². The molecule has 6 nitrogen and oxygen atoms in total. The van der Waals surface area contributed by atoms with Gasteiger partial charge in [-0.05, 0) is 64.2 Å². The Morgan fingerprint density at radius 3 is 1.51 bits per heavy atom. The van der Waals surface area contributed by atoms with Crippen molar-refractivity contribution in [3.05, 3.63) is 97.2 Å². The molecule has 6 heteroatoms. The number of esters is 1. The van der Waals surface area contributed by atoms with Crippen molar-refractivity contribution >= 4 is 11.9 Å². The van der Waals surface area contributed by atoms with E-state index in [-0.39, 0.29) is 24.9 Å². The summed E-state index contributed by atoms with van der Waals surface area (Å²) in [6.45, 7) is 6.23. The number of hydrogen-bond donors (Lipinski definition) is 3. The van der Waals surface area contributed by atoms with Gasteiger partial charge in [0, 0.05) is 6.42 Å². The van der Waals surface area contributed by atoms with Crippen LogP contribution in [0.15, 0.2) is 97.2 Å². The van der Waals surface area contributed by atoms with Crippen LogP contribution in [-0.4, -0.2) is 46.9 Å². The number of carbonyl (C=O) groups is 2. The molecule has 57 heavy (non-hydrogen) atoms. The molecule has 1 amide bonds. The lowest BCUT2D eigenvalue weighted by Gasteiger charge is -2.24. The summed E-state index contributed by atoms with van der Waals surface area (Å²) in [4.78, 5) is 26.0. The Kier molecular flexibility index (Phi) is 41.4. The summed E-state index contributed by atoms with van der Waals surface area (Å²) < 4.78 is 5.85. The van der Waals surface area contributed by atoms with Crippen LogP contribution >= 0.6 is 0 Å². The zero-order chi connectivity index (χ0) is 41.7. The van der Waals surface area contributed by atoms with Crippen molar-refractivity contribution in [3.8, 4) is 0 Å². The largest absolute Gasteiger partial charge is 0.462 e. The Labute approximate surface area is 350 Å². The van der Waals surface area contributed by atoms with Gasteiger partial charge in [-0.1, -0.05) is 208 Å². The second-order valence-electron chi connectivity index (χ2n) is 15.3.